The van der Waals surface area contributed by atoms with Crippen molar-refractivity contribution in [3.05, 3.63) is 60.7 Å². The lowest BCUT2D eigenvalue weighted by Crippen LogP contribution is -2.29. The number of aromatic nitrogens is 1. The summed E-state index contributed by atoms with van der Waals surface area (Å²) in [7, 11) is 0. The molecule has 0 bridgehead atoms. The molecule has 6 nitrogen and oxygen atoms in total. The molecule has 3 N–H and O–H groups in total. The number of halogens is 1. The third-order valence-electron chi connectivity index (χ3n) is 2.82. The number of amides is 2. The molecule has 0 unspecified atom stereocenters. The minimum Gasteiger partial charge on any atom is -0.478 e. The number of nitrogens with one attached hydrogen (secondary N) is 2. The maximum absolute atomic E-state index is 13.2. The van der Waals surface area contributed by atoms with E-state index in [1.54, 1.807) is 6.07 Å². The van der Waals surface area contributed by atoms with E-state index in [0.29, 0.717) is 5.69 Å². The highest BCUT2D eigenvalue weighted by Crippen LogP contribution is 2.21. The van der Waals surface area contributed by atoms with Crippen molar-refractivity contribution in [2.75, 3.05) is 11.9 Å². The number of hydrogen-bond acceptors (Lipinski definition) is 2. The molecule has 0 atom stereocenters. The van der Waals surface area contributed by atoms with E-state index in [1.807, 2.05) is 0 Å². The number of rotatable bonds is 5. The van der Waals surface area contributed by atoms with Gasteiger partial charge in [-0.2, -0.15) is 0 Å². The number of carboxylic acid groups (broad SMARTS) is 1. The first-order valence-electron chi connectivity index (χ1n) is 6.38. The average Bonchev–Trinajstić information content (AvgIpc) is 2.89. The van der Waals surface area contributed by atoms with E-state index in [4.69, 9.17) is 0 Å². The molecule has 2 rings (SSSR count). The molecule has 2 aromatic rings. The first kappa shape index (κ1) is 15.3. The molecule has 7 heteroatoms. The van der Waals surface area contributed by atoms with E-state index in [0.717, 1.165) is 0 Å². The van der Waals surface area contributed by atoms with Gasteiger partial charge in [0.25, 0.3) is 0 Å². The van der Waals surface area contributed by atoms with Crippen LogP contribution in [-0.2, 0) is 0 Å². The molecule has 0 aliphatic heterocycles. The molecule has 0 radical (unpaired) electrons. The van der Waals surface area contributed by atoms with Gasteiger partial charge in [-0.15, -0.1) is 6.58 Å². The predicted octanol–water partition coefficient (Wildman–Crippen LogP) is 2.62. The van der Waals surface area contributed by atoms with Crippen molar-refractivity contribution >= 4 is 17.7 Å². The highest BCUT2D eigenvalue weighted by atomic mass is 19.1. The summed E-state index contributed by atoms with van der Waals surface area (Å²) in [6, 6.07) is 5.12. The van der Waals surface area contributed by atoms with Crippen LogP contribution in [0.3, 0.4) is 0 Å². The molecule has 1 heterocycles. The summed E-state index contributed by atoms with van der Waals surface area (Å²) in [6.45, 7) is 3.71. The fourth-order valence-electron chi connectivity index (χ4n) is 1.84. The largest absolute Gasteiger partial charge is 0.478 e. The second kappa shape index (κ2) is 6.57. The zero-order valence-electron chi connectivity index (χ0n) is 11.5. The lowest BCUT2D eigenvalue weighted by atomic mass is 10.3. The van der Waals surface area contributed by atoms with Gasteiger partial charge in [0.05, 0.1) is 5.69 Å². The van der Waals surface area contributed by atoms with Crippen LogP contribution in [0.2, 0.25) is 0 Å². The Bertz CT molecular complexity index is 725. The lowest BCUT2D eigenvalue weighted by molar-refractivity contribution is 0.0698. The van der Waals surface area contributed by atoms with Crippen LogP contribution >= 0.6 is 0 Å². The Morgan fingerprint density at radius 2 is 2.14 bits per heavy atom. The van der Waals surface area contributed by atoms with Gasteiger partial charge in [0, 0.05) is 24.6 Å². The fraction of sp³-hybridized carbons (Fsp3) is 0.0667. The van der Waals surface area contributed by atoms with Gasteiger partial charge in [0.1, 0.15) is 11.4 Å². The molecule has 1 aromatic carbocycles. The van der Waals surface area contributed by atoms with E-state index in [9.17, 15) is 19.1 Å². The van der Waals surface area contributed by atoms with Crippen LogP contribution in [0.5, 0.6) is 0 Å². The Hall–Kier alpha value is -3.09. The number of carboxylic acids is 1. The van der Waals surface area contributed by atoms with Crippen molar-refractivity contribution < 1.29 is 19.1 Å². The highest BCUT2D eigenvalue weighted by Gasteiger charge is 2.16. The maximum Gasteiger partial charge on any atom is 0.339 e. The van der Waals surface area contributed by atoms with Crippen LogP contribution in [0.1, 0.15) is 10.4 Å². The Morgan fingerprint density at radius 1 is 1.36 bits per heavy atom. The second-order valence-electron chi connectivity index (χ2n) is 4.40. The van der Waals surface area contributed by atoms with Crippen molar-refractivity contribution in [2.45, 2.75) is 0 Å². The van der Waals surface area contributed by atoms with Crippen LogP contribution in [0, 0.1) is 5.82 Å². The number of benzene rings is 1. The topological polar surface area (TPSA) is 83.4 Å². The smallest absolute Gasteiger partial charge is 0.339 e. The molecule has 0 saturated carbocycles. The molecule has 0 fully saturated rings. The van der Waals surface area contributed by atoms with Crippen molar-refractivity contribution in [1.29, 1.82) is 0 Å². The molecule has 1 aromatic heterocycles. The zero-order valence-corrected chi connectivity index (χ0v) is 11.5. The van der Waals surface area contributed by atoms with Crippen molar-refractivity contribution in [2.24, 2.45) is 0 Å². The van der Waals surface area contributed by atoms with Crippen LogP contribution in [0.25, 0.3) is 5.69 Å². The van der Waals surface area contributed by atoms with Crippen molar-refractivity contribution in [1.82, 2.24) is 9.88 Å². The second-order valence-corrected chi connectivity index (χ2v) is 4.40. The molecule has 0 aliphatic rings. The summed E-state index contributed by atoms with van der Waals surface area (Å²) in [4.78, 5) is 22.9. The maximum atomic E-state index is 13.2. The van der Waals surface area contributed by atoms with Gasteiger partial charge in [-0.05, 0) is 18.2 Å². The summed E-state index contributed by atoms with van der Waals surface area (Å²) in [6.07, 6.45) is 4.21. The van der Waals surface area contributed by atoms with Gasteiger partial charge in [0.2, 0.25) is 0 Å². The van der Waals surface area contributed by atoms with Crippen molar-refractivity contribution in [3.8, 4) is 5.69 Å². The minimum atomic E-state index is -1.20. The van der Waals surface area contributed by atoms with E-state index in [-0.39, 0.29) is 17.8 Å². The van der Waals surface area contributed by atoms with Gasteiger partial charge >= 0.3 is 12.0 Å². The predicted molar refractivity (Wildman–Crippen MR) is 79.9 cm³/mol. The van der Waals surface area contributed by atoms with Crippen LogP contribution in [0.15, 0.2) is 49.3 Å². The minimum absolute atomic E-state index is 0.0991. The number of aromatic carboxylic acids is 1. The Balaban J connectivity index is 2.31. The molecule has 0 saturated heterocycles. The number of carbonyl (C=O) groups excluding carboxylic acids is 1. The van der Waals surface area contributed by atoms with Crippen LogP contribution in [-0.4, -0.2) is 28.2 Å². The lowest BCUT2D eigenvalue weighted by Gasteiger charge is -2.05. The van der Waals surface area contributed by atoms with Crippen LogP contribution < -0.4 is 10.6 Å². The fourth-order valence-corrected chi connectivity index (χ4v) is 1.84. The van der Waals surface area contributed by atoms with Gasteiger partial charge in [-0.25, -0.2) is 14.0 Å². The molecule has 22 heavy (non-hydrogen) atoms. The summed E-state index contributed by atoms with van der Waals surface area (Å²) in [5.74, 6) is -1.64. The first-order valence-corrected chi connectivity index (χ1v) is 6.38. The SMILES string of the molecule is C=CCNC(=O)Nc1cn(-c2cccc(F)c2)cc1C(=O)O. The summed E-state index contributed by atoms with van der Waals surface area (Å²) >= 11 is 0. The Labute approximate surface area is 125 Å². The van der Waals surface area contributed by atoms with E-state index < -0.39 is 17.8 Å². The summed E-state index contributed by atoms with van der Waals surface area (Å²) in [5, 5.41) is 14.1. The summed E-state index contributed by atoms with van der Waals surface area (Å²) in [5.41, 5.74) is 0.457. The normalized spacial score (nSPS) is 10.0. The van der Waals surface area contributed by atoms with Gasteiger partial charge < -0.3 is 20.3 Å². The molecular formula is C15H14FN3O3. The molecular weight excluding hydrogens is 289 g/mol. The summed E-state index contributed by atoms with van der Waals surface area (Å²) < 4.78 is 14.7. The molecule has 2 amide bonds. The number of anilines is 1. The molecule has 114 valence electrons. The highest BCUT2D eigenvalue weighted by molar-refractivity contribution is 6.00. The third kappa shape index (κ3) is 3.51. The van der Waals surface area contributed by atoms with Gasteiger partial charge in [0.15, 0.2) is 0 Å². The number of carbonyl (C=O) groups is 2. The molecule has 0 spiro atoms. The number of hydrogen-bond donors (Lipinski definition) is 3. The van der Waals surface area contributed by atoms with E-state index in [1.165, 1.54) is 41.2 Å². The zero-order chi connectivity index (χ0) is 16.1. The number of urea groups is 1. The van der Waals surface area contributed by atoms with Crippen molar-refractivity contribution in [3.63, 3.8) is 0 Å². The average molecular weight is 303 g/mol. The Kier molecular flexibility index (Phi) is 4.57. The van der Waals surface area contributed by atoms with Gasteiger partial charge in [-0.1, -0.05) is 12.1 Å². The van der Waals surface area contributed by atoms with Crippen LogP contribution in [0.4, 0.5) is 14.9 Å². The quantitative estimate of drug-likeness (QED) is 0.742. The number of nitrogens with zero attached hydrogens (tertiary/aromatic N) is 1. The van der Waals surface area contributed by atoms with E-state index in [2.05, 4.69) is 17.2 Å². The monoisotopic (exact) mass is 303 g/mol. The van der Waals surface area contributed by atoms with Gasteiger partial charge in [-0.3, -0.25) is 0 Å². The molecule has 0 aliphatic carbocycles. The Morgan fingerprint density at radius 3 is 2.77 bits per heavy atom. The van der Waals surface area contributed by atoms with E-state index >= 15 is 0 Å². The standard InChI is InChI=1S/C15H14FN3O3/c1-2-6-17-15(22)18-13-9-19(8-12(13)14(20)21)11-5-3-4-10(16)7-11/h2-5,7-9H,1,6H2,(H,20,21)(H2,17,18,22). The third-order valence-corrected chi connectivity index (χ3v) is 2.82. The first-order chi connectivity index (χ1) is 10.5.